The summed E-state index contributed by atoms with van der Waals surface area (Å²) in [7, 11) is 0. The van der Waals surface area contributed by atoms with E-state index in [1.165, 1.54) is 6.07 Å². The fourth-order valence-electron chi connectivity index (χ4n) is 2.48. The number of hydrogen-bond acceptors (Lipinski definition) is 3. The van der Waals surface area contributed by atoms with Gasteiger partial charge in [-0.05, 0) is 30.7 Å². The van der Waals surface area contributed by atoms with Crippen molar-refractivity contribution in [1.29, 1.82) is 0 Å². The molecule has 3 rings (SSSR count). The fraction of sp³-hybridized carbons (Fsp3) is 0.105. The van der Waals surface area contributed by atoms with Crippen molar-refractivity contribution < 1.29 is 13.6 Å². The molecule has 3 aromatic rings. The van der Waals surface area contributed by atoms with Gasteiger partial charge < -0.3 is 5.32 Å². The maximum absolute atomic E-state index is 13.6. The van der Waals surface area contributed by atoms with Gasteiger partial charge >= 0.3 is 0 Å². The highest BCUT2D eigenvalue weighted by Gasteiger charge is 2.11. The molecule has 1 amide bonds. The zero-order valence-corrected chi connectivity index (χ0v) is 13.9. The summed E-state index contributed by atoms with van der Waals surface area (Å²) >= 11 is 0. The Bertz CT molecular complexity index is 1030. The molecule has 0 saturated carbocycles. The van der Waals surface area contributed by atoms with Crippen molar-refractivity contribution >= 4 is 11.6 Å². The van der Waals surface area contributed by atoms with E-state index in [0.29, 0.717) is 11.8 Å². The molecule has 0 atom stereocenters. The average Bonchev–Trinajstić information content (AvgIpc) is 2.60. The minimum absolute atomic E-state index is 0.167. The van der Waals surface area contributed by atoms with E-state index in [1.807, 2.05) is 31.2 Å². The highest BCUT2D eigenvalue weighted by atomic mass is 19.1. The van der Waals surface area contributed by atoms with Crippen LogP contribution < -0.4 is 10.9 Å². The SMILES string of the molecule is Cc1ccccc1-c1ccc(=O)n(CC(=O)Nc2ccc(F)cc2F)n1. The van der Waals surface area contributed by atoms with Gasteiger partial charge in [-0.1, -0.05) is 24.3 Å². The number of hydrogen-bond donors (Lipinski definition) is 1. The van der Waals surface area contributed by atoms with Crippen LogP contribution in [0.5, 0.6) is 0 Å². The second-order valence-corrected chi connectivity index (χ2v) is 5.70. The summed E-state index contributed by atoms with van der Waals surface area (Å²) in [6.45, 7) is 1.52. The summed E-state index contributed by atoms with van der Waals surface area (Å²) in [5.74, 6) is -2.29. The topological polar surface area (TPSA) is 64.0 Å². The fourth-order valence-corrected chi connectivity index (χ4v) is 2.48. The molecule has 0 radical (unpaired) electrons. The highest BCUT2D eigenvalue weighted by molar-refractivity contribution is 5.90. The minimum Gasteiger partial charge on any atom is -0.322 e. The van der Waals surface area contributed by atoms with Gasteiger partial charge in [0.2, 0.25) is 5.91 Å². The molecular formula is C19H15F2N3O2. The quantitative estimate of drug-likeness (QED) is 0.782. The maximum Gasteiger partial charge on any atom is 0.267 e. The van der Waals surface area contributed by atoms with Crippen LogP contribution in [0.15, 0.2) is 59.4 Å². The monoisotopic (exact) mass is 355 g/mol. The van der Waals surface area contributed by atoms with Gasteiger partial charge in [0.1, 0.15) is 18.2 Å². The average molecular weight is 355 g/mol. The van der Waals surface area contributed by atoms with Crippen molar-refractivity contribution in [2.24, 2.45) is 0 Å². The Balaban J connectivity index is 1.83. The first-order chi connectivity index (χ1) is 12.4. The Kier molecular flexibility index (Phi) is 4.88. The molecule has 2 aromatic carbocycles. The van der Waals surface area contributed by atoms with Gasteiger partial charge in [0, 0.05) is 17.7 Å². The number of benzene rings is 2. The maximum atomic E-state index is 13.6. The van der Waals surface area contributed by atoms with Crippen LogP contribution in [0.3, 0.4) is 0 Å². The summed E-state index contributed by atoms with van der Waals surface area (Å²) in [5.41, 5.74) is 1.73. The summed E-state index contributed by atoms with van der Waals surface area (Å²) in [4.78, 5) is 24.1. The van der Waals surface area contributed by atoms with E-state index in [2.05, 4.69) is 10.4 Å². The number of aryl methyl sites for hydroxylation is 1. The number of carbonyl (C=O) groups is 1. The predicted octanol–water partition coefficient (Wildman–Crippen LogP) is 3.14. The lowest BCUT2D eigenvalue weighted by molar-refractivity contribution is -0.117. The molecule has 0 unspecified atom stereocenters. The number of nitrogens with zero attached hydrogens (tertiary/aromatic N) is 2. The van der Waals surface area contributed by atoms with Crippen LogP contribution in [0.1, 0.15) is 5.56 Å². The number of nitrogens with one attached hydrogen (secondary N) is 1. The van der Waals surface area contributed by atoms with E-state index in [4.69, 9.17) is 0 Å². The second-order valence-electron chi connectivity index (χ2n) is 5.70. The first-order valence-electron chi connectivity index (χ1n) is 7.83. The normalized spacial score (nSPS) is 10.6. The van der Waals surface area contributed by atoms with Crippen molar-refractivity contribution in [3.63, 3.8) is 0 Å². The third kappa shape index (κ3) is 3.83. The zero-order chi connectivity index (χ0) is 18.7. The van der Waals surface area contributed by atoms with Crippen LogP contribution in [-0.2, 0) is 11.3 Å². The smallest absolute Gasteiger partial charge is 0.267 e. The molecule has 5 nitrogen and oxygen atoms in total. The Morgan fingerprint density at radius 1 is 1.12 bits per heavy atom. The van der Waals surface area contributed by atoms with Crippen molar-refractivity contribution in [2.45, 2.75) is 13.5 Å². The van der Waals surface area contributed by atoms with Crippen molar-refractivity contribution in [3.05, 3.63) is 82.1 Å². The van der Waals surface area contributed by atoms with E-state index < -0.39 is 29.6 Å². The van der Waals surface area contributed by atoms with Crippen LogP contribution in [0.4, 0.5) is 14.5 Å². The molecule has 0 spiro atoms. The third-order valence-corrected chi connectivity index (χ3v) is 3.79. The Hall–Kier alpha value is -3.35. The van der Waals surface area contributed by atoms with Gasteiger partial charge in [-0.15, -0.1) is 0 Å². The van der Waals surface area contributed by atoms with Gasteiger partial charge in [-0.3, -0.25) is 9.59 Å². The lowest BCUT2D eigenvalue weighted by Crippen LogP contribution is -2.29. The molecule has 0 bridgehead atoms. The second kappa shape index (κ2) is 7.26. The number of carbonyl (C=O) groups excluding carboxylic acids is 1. The van der Waals surface area contributed by atoms with E-state index in [1.54, 1.807) is 6.07 Å². The number of halogens is 2. The first-order valence-corrected chi connectivity index (χ1v) is 7.83. The molecule has 26 heavy (non-hydrogen) atoms. The molecule has 1 N–H and O–H groups in total. The molecule has 0 saturated heterocycles. The molecule has 7 heteroatoms. The lowest BCUT2D eigenvalue weighted by Gasteiger charge is -2.10. The van der Waals surface area contributed by atoms with Crippen LogP contribution >= 0.6 is 0 Å². The molecule has 0 aliphatic heterocycles. The predicted molar refractivity (Wildman–Crippen MR) is 93.7 cm³/mol. The van der Waals surface area contributed by atoms with E-state index in [9.17, 15) is 18.4 Å². The first kappa shape index (κ1) is 17.5. The summed E-state index contributed by atoms with van der Waals surface area (Å²) in [6, 6.07) is 13.2. The molecule has 0 aliphatic rings. The Morgan fingerprint density at radius 3 is 2.62 bits per heavy atom. The Labute approximate surface area is 147 Å². The summed E-state index contributed by atoms with van der Waals surface area (Å²) in [6.07, 6.45) is 0. The summed E-state index contributed by atoms with van der Waals surface area (Å²) < 4.78 is 27.5. The van der Waals surface area contributed by atoms with E-state index in [-0.39, 0.29) is 5.69 Å². The van der Waals surface area contributed by atoms with Crippen LogP contribution in [0.2, 0.25) is 0 Å². The van der Waals surface area contributed by atoms with Gasteiger partial charge in [0.25, 0.3) is 5.56 Å². The largest absolute Gasteiger partial charge is 0.322 e. The molecular weight excluding hydrogens is 340 g/mol. The van der Waals surface area contributed by atoms with Crippen molar-refractivity contribution in [2.75, 3.05) is 5.32 Å². The van der Waals surface area contributed by atoms with Gasteiger partial charge in [0.05, 0.1) is 11.4 Å². The molecule has 1 heterocycles. The molecule has 0 aliphatic carbocycles. The van der Waals surface area contributed by atoms with E-state index >= 15 is 0 Å². The molecule has 1 aromatic heterocycles. The third-order valence-electron chi connectivity index (χ3n) is 3.79. The van der Waals surface area contributed by atoms with Gasteiger partial charge in [0.15, 0.2) is 0 Å². The zero-order valence-electron chi connectivity index (χ0n) is 13.9. The van der Waals surface area contributed by atoms with E-state index in [0.717, 1.165) is 27.9 Å². The number of anilines is 1. The lowest BCUT2D eigenvalue weighted by atomic mass is 10.1. The van der Waals surface area contributed by atoms with Gasteiger partial charge in [-0.2, -0.15) is 5.10 Å². The highest BCUT2D eigenvalue weighted by Crippen LogP contribution is 2.19. The van der Waals surface area contributed by atoms with Crippen LogP contribution in [-0.4, -0.2) is 15.7 Å². The minimum atomic E-state index is -0.896. The van der Waals surface area contributed by atoms with Crippen molar-refractivity contribution in [1.82, 2.24) is 9.78 Å². The van der Waals surface area contributed by atoms with Gasteiger partial charge in [-0.25, -0.2) is 13.5 Å². The van der Waals surface area contributed by atoms with Crippen LogP contribution in [0.25, 0.3) is 11.3 Å². The standard InChI is InChI=1S/C19H15F2N3O2/c1-12-4-2-3-5-14(12)16-8-9-19(26)24(23-16)11-18(25)22-17-7-6-13(20)10-15(17)21/h2-10H,11H2,1H3,(H,22,25). The van der Waals surface area contributed by atoms with Crippen LogP contribution in [0, 0.1) is 18.6 Å². The summed E-state index contributed by atoms with van der Waals surface area (Å²) in [5, 5.41) is 6.51. The number of rotatable bonds is 4. The van der Waals surface area contributed by atoms with Crippen molar-refractivity contribution in [3.8, 4) is 11.3 Å². The molecule has 0 fully saturated rings. The molecule has 132 valence electrons. The Morgan fingerprint density at radius 2 is 1.88 bits per heavy atom. The number of amides is 1. The number of aromatic nitrogens is 2.